The van der Waals surface area contributed by atoms with Crippen molar-refractivity contribution in [3.05, 3.63) is 52.5 Å². The molecule has 0 aromatic heterocycles. The van der Waals surface area contributed by atoms with Crippen LogP contribution in [0, 0.1) is 0 Å². The predicted molar refractivity (Wildman–Crippen MR) is 94.2 cm³/mol. The third-order valence-electron chi connectivity index (χ3n) is 3.71. The van der Waals surface area contributed by atoms with Crippen LogP contribution in [-0.4, -0.2) is 34.7 Å². The Bertz CT molecular complexity index is 944. The Balaban J connectivity index is 1.80. The molecule has 26 heavy (non-hydrogen) atoms. The van der Waals surface area contributed by atoms with Gasteiger partial charge >= 0.3 is 5.97 Å². The van der Waals surface area contributed by atoms with Crippen LogP contribution < -0.4 is 14.2 Å². The number of carbonyl (C=O) groups is 1. The van der Waals surface area contributed by atoms with Gasteiger partial charge in [-0.25, -0.2) is 17.9 Å². The molecule has 0 bridgehead atoms. The number of nitrogens with one attached hydrogen (secondary N) is 1. The van der Waals surface area contributed by atoms with E-state index in [1.165, 1.54) is 25.3 Å². The summed E-state index contributed by atoms with van der Waals surface area (Å²) in [7, 11) is -2.72. The molecule has 2 aromatic carbocycles. The van der Waals surface area contributed by atoms with Crippen molar-refractivity contribution in [3.8, 4) is 11.5 Å². The van der Waals surface area contributed by atoms with Crippen LogP contribution in [0.2, 0.25) is 5.02 Å². The maximum absolute atomic E-state index is 12.6. The number of sulfonamides is 1. The summed E-state index contributed by atoms with van der Waals surface area (Å²) in [6, 6.07) is 9.09. The summed E-state index contributed by atoms with van der Waals surface area (Å²) in [4.78, 5) is 11.4. The van der Waals surface area contributed by atoms with Gasteiger partial charge < -0.3 is 14.2 Å². The summed E-state index contributed by atoms with van der Waals surface area (Å²) in [5, 5.41) is 0.00678. The highest BCUT2D eigenvalue weighted by molar-refractivity contribution is 7.89. The van der Waals surface area contributed by atoms with Crippen LogP contribution in [0.4, 0.5) is 0 Å². The second-order valence-corrected chi connectivity index (χ2v) is 7.58. The minimum absolute atomic E-state index is 0.00678. The molecule has 0 amide bonds. The minimum Gasteiger partial charge on any atom is -0.486 e. The summed E-state index contributed by atoms with van der Waals surface area (Å²) in [6.45, 7) is 0.948. The van der Waals surface area contributed by atoms with Gasteiger partial charge in [-0.3, -0.25) is 0 Å². The van der Waals surface area contributed by atoms with Crippen molar-refractivity contribution in [1.29, 1.82) is 0 Å². The van der Waals surface area contributed by atoms with Gasteiger partial charge in [0, 0.05) is 6.54 Å². The van der Waals surface area contributed by atoms with E-state index >= 15 is 0 Å². The summed E-state index contributed by atoms with van der Waals surface area (Å²) in [5.41, 5.74) is 0.787. The van der Waals surface area contributed by atoms with E-state index in [1.54, 1.807) is 18.2 Å². The molecule has 1 N–H and O–H groups in total. The average molecular weight is 398 g/mol. The molecule has 0 spiro atoms. The zero-order valence-electron chi connectivity index (χ0n) is 13.8. The SMILES string of the molecule is COC(=O)c1ccc(Cl)c(S(=O)(=O)NCc2ccc3c(c2)OCCO3)c1. The van der Waals surface area contributed by atoms with Gasteiger partial charge in [0.25, 0.3) is 0 Å². The molecule has 0 aliphatic carbocycles. The molecule has 7 nitrogen and oxygen atoms in total. The molecule has 2 aromatic rings. The second-order valence-electron chi connectivity index (χ2n) is 5.44. The lowest BCUT2D eigenvalue weighted by Crippen LogP contribution is -2.24. The minimum atomic E-state index is -3.94. The molecule has 0 radical (unpaired) electrons. The van der Waals surface area contributed by atoms with Gasteiger partial charge in [-0.05, 0) is 35.9 Å². The lowest BCUT2D eigenvalue weighted by molar-refractivity contribution is 0.0600. The van der Waals surface area contributed by atoms with Crippen molar-refractivity contribution in [2.24, 2.45) is 0 Å². The molecule has 9 heteroatoms. The molecule has 0 saturated carbocycles. The number of hydrogen-bond donors (Lipinski definition) is 1. The third kappa shape index (κ3) is 3.92. The Morgan fingerprint density at radius 2 is 1.88 bits per heavy atom. The largest absolute Gasteiger partial charge is 0.486 e. The number of benzene rings is 2. The molecule has 1 heterocycles. The van der Waals surface area contributed by atoms with Gasteiger partial charge in [0.1, 0.15) is 18.1 Å². The molecule has 138 valence electrons. The summed E-state index contributed by atoms with van der Waals surface area (Å²) in [5.74, 6) is 0.542. The topological polar surface area (TPSA) is 90.9 Å². The van der Waals surface area contributed by atoms with Gasteiger partial charge in [0.15, 0.2) is 11.5 Å². The van der Waals surface area contributed by atoms with Crippen molar-refractivity contribution in [2.45, 2.75) is 11.4 Å². The van der Waals surface area contributed by atoms with Gasteiger partial charge in [0.05, 0.1) is 17.7 Å². The highest BCUT2D eigenvalue weighted by Gasteiger charge is 2.21. The molecular weight excluding hydrogens is 382 g/mol. The highest BCUT2D eigenvalue weighted by Crippen LogP contribution is 2.31. The van der Waals surface area contributed by atoms with Crippen molar-refractivity contribution in [1.82, 2.24) is 4.72 Å². The first-order valence-corrected chi connectivity index (χ1v) is 9.53. The molecular formula is C17H16ClNO6S. The zero-order chi connectivity index (χ0) is 18.7. The lowest BCUT2D eigenvalue weighted by Gasteiger charge is -2.19. The summed E-state index contributed by atoms with van der Waals surface area (Å²) < 4.78 is 43.1. The Labute approximate surface area is 155 Å². The van der Waals surface area contributed by atoms with Crippen LogP contribution in [0.5, 0.6) is 11.5 Å². The Morgan fingerprint density at radius 1 is 1.15 bits per heavy atom. The smallest absolute Gasteiger partial charge is 0.337 e. The Morgan fingerprint density at radius 3 is 2.62 bits per heavy atom. The van der Waals surface area contributed by atoms with Crippen molar-refractivity contribution < 1.29 is 27.4 Å². The van der Waals surface area contributed by atoms with Gasteiger partial charge in [0.2, 0.25) is 10.0 Å². The van der Waals surface area contributed by atoms with Crippen LogP contribution in [0.1, 0.15) is 15.9 Å². The first-order chi connectivity index (χ1) is 12.4. The van der Waals surface area contributed by atoms with E-state index in [4.69, 9.17) is 21.1 Å². The Hall–Kier alpha value is -2.29. The fourth-order valence-electron chi connectivity index (χ4n) is 2.41. The number of hydrogen-bond acceptors (Lipinski definition) is 6. The van der Waals surface area contributed by atoms with Crippen molar-refractivity contribution >= 4 is 27.6 Å². The number of esters is 1. The molecule has 0 saturated heterocycles. The first-order valence-electron chi connectivity index (χ1n) is 7.67. The van der Waals surface area contributed by atoms with Crippen molar-refractivity contribution in [3.63, 3.8) is 0 Å². The van der Waals surface area contributed by atoms with Crippen molar-refractivity contribution in [2.75, 3.05) is 20.3 Å². The molecule has 1 aliphatic rings. The van der Waals surface area contributed by atoms with Gasteiger partial charge in [-0.2, -0.15) is 0 Å². The number of rotatable bonds is 5. The molecule has 0 fully saturated rings. The molecule has 3 rings (SSSR count). The summed E-state index contributed by atoms with van der Waals surface area (Å²) >= 11 is 6.00. The van der Waals surface area contributed by atoms with Crippen LogP contribution in [0.3, 0.4) is 0 Å². The molecule has 0 unspecified atom stereocenters. The first kappa shape index (κ1) is 18.5. The van der Waals surface area contributed by atoms with Gasteiger partial charge in [-0.1, -0.05) is 17.7 Å². The van der Waals surface area contributed by atoms with E-state index in [2.05, 4.69) is 9.46 Å². The normalized spacial score (nSPS) is 13.3. The lowest BCUT2D eigenvalue weighted by atomic mass is 10.2. The van der Waals surface area contributed by atoms with E-state index in [0.29, 0.717) is 30.3 Å². The maximum atomic E-state index is 12.6. The molecule has 0 atom stereocenters. The highest BCUT2D eigenvalue weighted by atomic mass is 35.5. The standard InChI is InChI=1S/C17H16ClNO6S/c1-23-17(20)12-3-4-13(18)16(9-12)26(21,22)19-10-11-2-5-14-15(8-11)25-7-6-24-14/h2-5,8-9,19H,6-7,10H2,1H3. The van der Waals surface area contributed by atoms with E-state index in [0.717, 1.165) is 0 Å². The number of methoxy groups -OCH3 is 1. The van der Waals surface area contributed by atoms with E-state index < -0.39 is 16.0 Å². The maximum Gasteiger partial charge on any atom is 0.337 e. The van der Waals surface area contributed by atoms with Crippen LogP contribution in [0.15, 0.2) is 41.3 Å². The summed E-state index contributed by atoms with van der Waals surface area (Å²) in [6.07, 6.45) is 0. The monoisotopic (exact) mass is 397 g/mol. The van der Waals surface area contributed by atoms with Crippen LogP contribution in [0.25, 0.3) is 0 Å². The van der Waals surface area contributed by atoms with E-state index in [-0.39, 0.29) is 22.0 Å². The fraction of sp³-hybridized carbons (Fsp3) is 0.235. The van der Waals surface area contributed by atoms with Crippen LogP contribution >= 0.6 is 11.6 Å². The third-order valence-corrected chi connectivity index (χ3v) is 5.60. The number of halogens is 1. The molecule has 1 aliphatic heterocycles. The van der Waals surface area contributed by atoms with Crippen LogP contribution in [-0.2, 0) is 21.3 Å². The van der Waals surface area contributed by atoms with E-state index in [9.17, 15) is 13.2 Å². The van der Waals surface area contributed by atoms with E-state index in [1.807, 2.05) is 0 Å². The predicted octanol–water partition coefficient (Wildman–Crippen LogP) is 2.38. The number of carbonyl (C=O) groups excluding carboxylic acids is 1. The zero-order valence-corrected chi connectivity index (χ0v) is 15.4. The number of ether oxygens (including phenoxy) is 3. The fourth-order valence-corrected chi connectivity index (χ4v) is 3.95. The average Bonchev–Trinajstić information content (AvgIpc) is 2.66. The Kier molecular flexibility index (Phi) is 5.36. The second kappa shape index (κ2) is 7.53. The number of fused-ring (bicyclic) bond motifs is 1. The quantitative estimate of drug-likeness (QED) is 0.779. The van der Waals surface area contributed by atoms with Gasteiger partial charge in [-0.15, -0.1) is 0 Å².